The van der Waals surface area contributed by atoms with Crippen LogP contribution in [-0.4, -0.2) is 46.9 Å². The molecule has 0 bridgehead atoms. The van der Waals surface area contributed by atoms with E-state index in [4.69, 9.17) is 4.74 Å². The molecule has 2 amide bonds. The Labute approximate surface area is 216 Å². The van der Waals surface area contributed by atoms with Crippen LogP contribution in [0.25, 0.3) is 11.3 Å². The molecule has 0 spiro atoms. The van der Waals surface area contributed by atoms with Gasteiger partial charge in [0, 0.05) is 11.7 Å². The van der Waals surface area contributed by atoms with Crippen LogP contribution in [0.2, 0.25) is 0 Å². The molecule has 1 atom stereocenters. The van der Waals surface area contributed by atoms with Crippen molar-refractivity contribution in [3.8, 4) is 11.3 Å². The largest absolute Gasteiger partial charge is 0.465 e. The monoisotopic (exact) mass is 505 g/mol. The molecule has 0 aliphatic heterocycles. The van der Waals surface area contributed by atoms with Crippen LogP contribution >= 0.6 is 0 Å². The van der Waals surface area contributed by atoms with Gasteiger partial charge in [0.1, 0.15) is 24.1 Å². The number of carbonyl (C=O) groups is 3. The third kappa shape index (κ3) is 6.64. The third-order valence-electron chi connectivity index (χ3n) is 6.56. The molecule has 1 aliphatic rings. The van der Waals surface area contributed by atoms with Crippen molar-refractivity contribution in [2.75, 3.05) is 13.2 Å². The number of halogens is 1. The fourth-order valence-electron chi connectivity index (χ4n) is 4.73. The second-order valence-electron chi connectivity index (χ2n) is 9.19. The summed E-state index contributed by atoms with van der Waals surface area (Å²) in [7, 11) is 0. The van der Waals surface area contributed by atoms with E-state index in [0.717, 1.165) is 43.4 Å². The van der Waals surface area contributed by atoms with E-state index < -0.39 is 36.2 Å². The van der Waals surface area contributed by atoms with Gasteiger partial charge in [-0.15, -0.1) is 0 Å². The molecular formula is C29H32FN3O4. The Balaban J connectivity index is 1.70. The molecule has 1 aliphatic carbocycles. The first-order valence-corrected chi connectivity index (χ1v) is 12.7. The first-order valence-electron chi connectivity index (χ1n) is 12.7. The summed E-state index contributed by atoms with van der Waals surface area (Å²) < 4.78 is 18.9. The van der Waals surface area contributed by atoms with Crippen LogP contribution in [0.3, 0.4) is 0 Å². The van der Waals surface area contributed by atoms with Crippen molar-refractivity contribution >= 4 is 17.8 Å². The Morgan fingerprint density at radius 1 is 1.00 bits per heavy atom. The lowest BCUT2D eigenvalue weighted by Crippen LogP contribution is -2.48. The number of hydrogen-bond donors (Lipinski definition) is 2. The topological polar surface area (TPSA) is 91.5 Å². The van der Waals surface area contributed by atoms with Gasteiger partial charge < -0.3 is 19.9 Å². The molecule has 0 radical (unpaired) electrons. The van der Waals surface area contributed by atoms with E-state index in [-0.39, 0.29) is 18.3 Å². The molecule has 0 unspecified atom stereocenters. The lowest BCUT2D eigenvalue weighted by molar-refractivity contribution is -0.145. The van der Waals surface area contributed by atoms with E-state index in [1.54, 1.807) is 19.1 Å². The van der Waals surface area contributed by atoms with Gasteiger partial charge in [0.25, 0.3) is 5.91 Å². The molecule has 1 aromatic heterocycles. The molecule has 7 nitrogen and oxygen atoms in total. The van der Waals surface area contributed by atoms with Crippen molar-refractivity contribution in [2.45, 2.75) is 51.1 Å². The van der Waals surface area contributed by atoms with Crippen molar-refractivity contribution in [1.29, 1.82) is 0 Å². The Kier molecular flexibility index (Phi) is 8.72. The minimum atomic E-state index is -1.15. The van der Waals surface area contributed by atoms with Crippen LogP contribution in [0.5, 0.6) is 0 Å². The first-order chi connectivity index (χ1) is 18.0. The molecule has 2 N–H and O–H groups in total. The second kappa shape index (κ2) is 12.3. The van der Waals surface area contributed by atoms with E-state index in [2.05, 4.69) is 10.3 Å². The number of carbonyl (C=O) groups excluding carboxylic acids is 3. The van der Waals surface area contributed by atoms with Crippen molar-refractivity contribution < 1.29 is 23.5 Å². The summed E-state index contributed by atoms with van der Waals surface area (Å²) in [6, 6.07) is 17.2. The SMILES string of the molecule is CCOC(=O)CN(C(=O)c1ccc(-c2ccccc2)[nH]1)[C@H](C(=O)NC1CCCCC1)c1ccc(F)cc1. The minimum absolute atomic E-state index is 0.0149. The zero-order valence-electron chi connectivity index (χ0n) is 20.9. The number of nitrogens with zero attached hydrogens (tertiary/aromatic N) is 1. The highest BCUT2D eigenvalue weighted by atomic mass is 19.1. The van der Waals surface area contributed by atoms with Gasteiger partial charge in [-0.1, -0.05) is 61.7 Å². The zero-order chi connectivity index (χ0) is 26.2. The number of aromatic amines is 1. The smallest absolute Gasteiger partial charge is 0.325 e. The first kappa shape index (κ1) is 26.1. The fraction of sp³-hybridized carbons (Fsp3) is 0.345. The normalized spacial score (nSPS) is 14.5. The molecule has 1 fully saturated rings. The van der Waals surface area contributed by atoms with Gasteiger partial charge in [-0.05, 0) is 55.2 Å². The molecule has 194 valence electrons. The summed E-state index contributed by atoms with van der Waals surface area (Å²) in [5.74, 6) is -2.05. The van der Waals surface area contributed by atoms with Gasteiger partial charge in [0.2, 0.25) is 5.91 Å². The fourth-order valence-corrected chi connectivity index (χ4v) is 4.73. The van der Waals surface area contributed by atoms with Crippen LogP contribution in [0, 0.1) is 5.82 Å². The van der Waals surface area contributed by atoms with Gasteiger partial charge in [-0.2, -0.15) is 0 Å². The molecule has 8 heteroatoms. The van der Waals surface area contributed by atoms with Crippen molar-refractivity contribution in [1.82, 2.24) is 15.2 Å². The summed E-state index contributed by atoms with van der Waals surface area (Å²) >= 11 is 0. The van der Waals surface area contributed by atoms with E-state index in [1.165, 1.54) is 29.2 Å². The lowest BCUT2D eigenvalue weighted by Gasteiger charge is -2.32. The maximum atomic E-state index is 13.8. The molecule has 1 saturated carbocycles. The van der Waals surface area contributed by atoms with Crippen LogP contribution < -0.4 is 5.32 Å². The highest BCUT2D eigenvalue weighted by Gasteiger charge is 2.35. The van der Waals surface area contributed by atoms with Crippen molar-refractivity contribution in [2.24, 2.45) is 0 Å². The average Bonchev–Trinajstić information content (AvgIpc) is 3.41. The lowest BCUT2D eigenvalue weighted by atomic mass is 9.94. The number of hydrogen-bond acceptors (Lipinski definition) is 4. The van der Waals surface area contributed by atoms with Crippen LogP contribution in [0.15, 0.2) is 66.7 Å². The van der Waals surface area contributed by atoms with Gasteiger partial charge in [0.05, 0.1) is 6.61 Å². The van der Waals surface area contributed by atoms with E-state index >= 15 is 0 Å². The standard InChI is InChI=1S/C29H32FN3O4/c1-2-37-26(34)19-33(29(36)25-18-17-24(32-25)20-9-5-3-6-10-20)27(21-13-15-22(30)16-14-21)28(35)31-23-11-7-4-8-12-23/h3,5-6,9-10,13-18,23,27,32H,2,4,7-8,11-12,19H2,1H3,(H,31,35)/t27-/m0/s1. The van der Waals surface area contributed by atoms with Crippen LogP contribution in [0.1, 0.15) is 61.1 Å². The zero-order valence-corrected chi connectivity index (χ0v) is 20.9. The van der Waals surface area contributed by atoms with E-state index in [9.17, 15) is 18.8 Å². The number of ether oxygens (including phenoxy) is 1. The third-order valence-corrected chi connectivity index (χ3v) is 6.56. The molecular weight excluding hydrogens is 473 g/mol. The number of esters is 1. The summed E-state index contributed by atoms with van der Waals surface area (Å²) in [6.45, 7) is 1.37. The molecule has 3 aromatic rings. The van der Waals surface area contributed by atoms with Gasteiger partial charge >= 0.3 is 5.97 Å². The van der Waals surface area contributed by atoms with Crippen LogP contribution in [0.4, 0.5) is 4.39 Å². The van der Waals surface area contributed by atoms with Crippen molar-refractivity contribution in [3.63, 3.8) is 0 Å². The van der Waals surface area contributed by atoms with Gasteiger partial charge in [0.15, 0.2) is 0 Å². The summed E-state index contributed by atoms with van der Waals surface area (Å²) in [5, 5.41) is 3.07. The van der Waals surface area contributed by atoms with E-state index in [0.29, 0.717) is 5.56 Å². The Bertz CT molecular complexity index is 1200. The predicted molar refractivity (Wildman–Crippen MR) is 138 cm³/mol. The Hall–Kier alpha value is -3.94. The highest BCUT2D eigenvalue weighted by molar-refractivity contribution is 5.99. The quantitative estimate of drug-likeness (QED) is 0.400. The number of amides is 2. The van der Waals surface area contributed by atoms with Crippen LogP contribution in [-0.2, 0) is 14.3 Å². The minimum Gasteiger partial charge on any atom is -0.465 e. The molecule has 0 saturated heterocycles. The Morgan fingerprint density at radius 2 is 1.70 bits per heavy atom. The van der Waals surface area contributed by atoms with E-state index in [1.807, 2.05) is 30.3 Å². The number of H-pyrrole nitrogens is 1. The molecule has 1 heterocycles. The van der Waals surface area contributed by atoms with Gasteiger partial charge in [-0.25, -0.2) is 4.39 Å². The predicted octanol–water partition coefficient (Wildman–Crippen LogP) is 5.02. The summed E-state index contributed by atoms with van der Waals surface area (Å²) in [5.41, 5.74) is 2.25. The number of benzene rings is 2. The Morgan fingerprint density at radius 3 is 2.38 bits per heavy atom. The number of aromatic nitrogens is 1. The summed E-state index contributed by atoms with van der Waals surface area (Å²) in [6.07, 6.45) is 4.86. The number of rotatable bonds is 9. The maximum absolute atomic E-state index is 13.8. The highest BCUT2D eigenvalue weighted by Crippen LogP contribution is 2.27. The molecule has 37 heavy (non-hydrogen) atoms. The van der Waals surface area contributed by atoms with Gasteiger partial charge in [-0.3, -0.25) is 14.4 Å². The number of nitrogens with one attached hydrogen (secondary N) is 2. The maximum Gasteiger partial charge on any atom is 0.325 e. The summed E-state index contributed by atoms with van der Waals surface area (Å²) in [4.78, 5) is 44.4. The van der Waals surface area contributed by atoms with Crippen molar-refractivity contribution in [3.05, 3.63) is 83.8 Å². The molecule has 4 rings (SSSR count). The molecule has 2 aromatic carbocycles. The second-order valence-corrected chi connectivity index (χ2v) is 9.19. The average molecular weight is 506 g/mol.